The summed E-state index contributed by atoms with van der Waals surface area (Å²) < 4.78 is 0. The number of anilines is 1. The lowest BCUT2D eigenvalue weighted by Crippen LogP contribution is -2.27. The maximum atomic E-state index is 12.0. The lowest BCUT2D eigenvalue weighted by atomic mass is 9.80. The van der Waals surface area contributed by atoms with E-state index < -0.39 is 11.4 Å². The Balaban J connectivity index is 2.68. The number of rotatable bonds is 7. The summed E-state index contributed by atoms with van der Waals surface area (Å²) in [6.07, 6.45) is 0.732. The molecule has 0 aromatic heterocycles. The van der Waals surface area contributed by atoms with Gasteiger partial charge in [0.1, 0.15) is 0 Å². The molecule has 5 heteroatoms. The first-order chi connectivity index (χ1) is 9.38. The van der Waals surface area contributed by atoms with Crippen LogP contribution >= 0.6 is 0 Å². The first kappa shape index (κ1) is 16.2. The fourth-order valence-corrected chi connectivity index (χ4v) is 2.02. The molecule has 0 aliphatic carbocycles. The molecular formula is C15H21NO4. The Morgan fingerprint density at radius 1 is 1.30 bits per heavy atom. The van der Waals surface area contributed by atoms with Crippen molar-refractivity contribution < 1.29 is 19.8 Å². The van der Waals surface area contributed by atoms with Crippen molar-refractivity contribution in [3.8, 4) is 0 Å². The van der Waals surface area contributed by atoms with Crippen LogP contribution in [0, 0.1) is 5.41 Å². The average Bonchev–Trinajstić information content (AvgIpc) is 2.37. The first-order valence-corrected chi connectivity index (χ1v) is 6.60. The number of aliphatic hydroxyl groups excluding tert-OH is 1. The van der Waals surface area contributed by atoms with Gasteiger partial charge in [0.05, 0.1) is 13.0 Å². The molecule has 5 nitrogen and oxygen atoms in total. The van der Waals surface area contributed by atoms with Crippen LogP contribution in [0.25, 0.3) is 0 Å². The highest BCUT2D eigenvalue weighted by Gasteiger charge is 2.28. The molecule has 3 N–H and O–H groups in total. The number of aliphatic carboxylic acids is 1. The van der Waals surface area contributed by atoms with E-state index in [1.165, 1.54) is 0 Å². The van der Waals surface area contributed by atoms with Gasteiger partial charge in [0, 0.05) is 12.1 Å². The molecule has 0 fully saturated rings. The Bertz CT molecular complexity index is 487. The van der Waals surface area contributed by atoms with Crippen LogP contribution < -0.4 is 5.32 Å². The molecule has 0 aliphatic rings. The minimum Gasteiger partial charge on any atom is -0.481 e. The van der Waals surface area contributed by atoms with E-state index >= 15 is 0 Å². The van der Waals surface area contributed by atoms with Gasteiger partial charge >= 0.3 is 5.97 Å². The first-order valence-electron chi connectivity index (χ1n) is 6.60. The number of carbonyl (C=O) groups is 2. The minimum atomic E-state index is -0.899. The van der Waals surface area contributed by atoms with E-state index in [1.807, 2.05) is 6.92 Å². The number of aliphatic hydroxyl groups is 1. The largest absolute Gasteiger partial charge is 0.481 e. The van der Waals surface area contributed by atoms with Crippen LogP contribution in [0.2, 0.25) is 0 Å². The standard InChI is InChI=1S/C15H21NO4/c1-3-15(2,9-14(19)20)8-13(18)16-12-6-4-5-11(7-12)10-17/h4-7,17H,3,8-10H2,1-2H3,(H,16,18)(H,19,20)/t15-/m1/s1. The molecule has 0 heterocycles. The topological polar surface area (TPSA) is 86.6 Å². The summed E-state index contributed by atoms with van der Waals surface area (Å²) in [4.78, 5) is 22.8. The highest BCUT2D eigenvalue weighted by molar-refractivity contribution is 5.91. The molecule has 0 bridgehead atoms. The second kappa shape index (κ2) is 7.05. The monoisotopic (exact) mass is 279 g/mol. The van der Waals surface area contributed by atoms with Crippen molar-refractivity contribution in [1.29, 1.82) is 0 Å². The highest BCUT2D eigenvalue weighted by Crippen LogP contribution is 2.30. The lowest BCUT2D eigenvalue weighted by Gasteiger charge is -2.25. The van der Waals surface area contributed by atoms with E-state index in [0.29, 0.717) is 17.7 Å². The van der Waals surface area contributed by atoms with Crippen LogP contribution in [-0.2, 0) is 16.2 Å². The third-order valence-electron chi connectivity index (χ3n) is 3.41. The van der Waals surface area contributed by atoms with Gasteiger partial charge in [-0.05, 0) is 29.5 Å². The third kappa shape index (κ3) is 5.01. The van der Waals surface area contributed by atoms with Crippen LogP contribution in [0.15, 0.2) is 24.3 Å². The van der Waals surface area contributed by atoms with Crippen molar-refractivity contribution in [3.05, 3.63) is 29.8 Å². The number of carboxylic acids is 1. The van der Waals surface area contributed by atoms with Gasteiger partial charge in [-0.15, -0.1) is 0 Å². The zero-order valence-corrected chi connectivity index (χ0v) is 11.8. The van der Waals surface area contributed by atoms with Gasteiger partial charge in [-0.1, -0.05) is 26.0 Å². The van der Waals surface area contributed by atoms with Crippen molar-refractivity contribution in [1.82, 2.24) is 0 Å². The van der Waals surface area contributed by atoms with Crippen molar-refractivity contribution in [2.24, 2.45) is 5.41 Å². The molecular weight excluding hydrogens is 258 g/mol. The summed E-state index contributed by atoms with van der Waals surface area (Å²) in [5.74, 6) is -1.12. The molecule has 0 aliphatic heterocycles. The summed E-state index contributed by atoms with van der Waals surface area (Å²) in [5, 5.41) is 20.7. The molecule has 1 aromatic rings. The smallest absolute Gasteiger partial charge is 0.303 e. The van der Waals surface area contributed by atoms with E-state index in [1.54, 1.807) is 31.2 Å². The number of carbonyl (C=O) groups excluding carboxylic acids is 1. The molecule has 1 atom stereocenters. The molecule has 20 heavy (non-hydrogen) atoms. The number of amides is 1. The van der Waals surface area contributed by atoms with Gasteiger partial charge in [-0.2, -0.15) is 0 Å². The molecule has 0 unspecified atom stereocenters. The summed E-state index contributed by atoms with van der Waals surface area (Å²) in [6, 6.07) is 6.93. The van der Waals surface area contributed by atoms with Gasteiger partial charge < -0.3 is 15.5 Å². The Morgan fingerprint density at radius 3 is 2.55 bits per heavy atom. The zero-order chi connectivity index (χ0) is 15.2. The molecule has 110 valence electrons. The highest BCUT2D eigenvalue weighted by atomic mass is 16.4. The summed E-state index contributed by atoms with van der Waals surface area (Å²) >= 11 is 0. The van der Waals surface area contributed by atoms with Crippen LogP contribution in [0.5, 0.6) is 0 Å². The molecule has 0 radical (unpaired) electrons. The Hall–Kier alpha value is -1.88. The Kier molecular flexibility index (Phi) is 5.70. The molecule has 1 amide bonds. The van der Waals surface area contributed by atoms with E-state index in [4.69, 9.17) is 10.2 Å². The fraction of sp³-hybridized carbons (Fsp3) is 0.467. The summed E-state index contributed by atoms with van der Waals surface area (Å²) in [6.45, 7) is 3.59. The molecule has 0 spiro atoms. The number of hydrogen-bond donors (Lipinski definition) is 3. The second-order valence-corrected chi connectivity index (χ2v) is 5.32. The van der Waals surface area contributed by atoms with Crippen LogP contribution in [0.4, 0.5) is 5.69 Å². The normalized spacial score (nSPS) is 13.6. The van der Waals surface area contributed by atoms with Crippen molar-refractivity contribution in [3.63, 3.8) is 0 Å². The Labute approximate surface area is 118 Å². The summed E-state index contributed by atoms with van der Waals surface area (Å²) in [7, 11) is 0. The predicted molar refractivity (Wildman–Crippen MR) is 76.3 cm³/mol. The molecule has 1 rings (SSSR count). The number of benzene rings is 1. The molecule has 0 saturated carbocycles. The maximum Gasteiger partial charge on any atom is 0.303 e. The SMILES string of the molecule is CC[C@@](C)(CC(=O)O)CC(=O)Nc1cccc(CO)c1. The van der Waals surface area contributed by atoms with E-state index in [-0.39, 0.29) is 25.4 Å². The summed E-state index contributed by atoms with van der Waals surface area (Å²) in [5.41, 5.74) is 0.770. The van der Waals surface area contributed by atoms with E-state index in [9.17, 15) is 9.59 Å². The Morgan fingerprint density at radius 2 is 2.00 bits per heavy atom. The van der Waals surface area contributed by atoms with Gasteiger partial charge in [0.2, 0.25) is 5.91 Å². The third-order valence-corrected chi connectivity index (χ3v) is 3.41. The van der Waals surface area contributed by atoms with Crippen LogP contribution in [0.3, 0.4) is 0 Å². The van der Waals surface area contributed by atoms with E-state index in [2.05, 4.69) is 5.32 Å². The lowest BCUT2D eigenvalue weighted by molar-refractivity contribution is -0.140. The van der Waals surface area contributed by atoms with Gasteiger partial charge in [0.25, 0.3) is 0 Å². The number of nitrogens with one attached hydrogen (secondary N) is 1. The van der Waals surface area contributed by atoms with Gasteiger partial charge in [-0.25, -0.2) is 0 Å². The van der Waals surface area contributed by atoms with Crippen molar-refractivity contribution in [2.45, 2.75) is 39.7 Å². The van der Waals surface area contributed by atoms with Gasteiger partial charge in [0.15, 0.2) is 0 Å². The number of hydrogen-bond acceptors (Lipinski definition) is 3. The van der Waals surface area contributed by atoms with Crippen molar-refractivity contribution in [2.75, 3.05) is 5.32 Å². The molecule has 0 saturated heterocycles. The zero-order valence-electron chi connectivity index (χ0n) is 11.8. The second-order valence-electron chi connectivity index (χ2n) is 5.32. The fourth-order valence-electron chi connectivity index (χ4n) is 2.02. The maximum absolute atomic E-state index is 12.0. The molecule has 1 aromatic carbocycles. The minimum absolute atomic E-state index is 0.0341. The van der Waals surface area contributed by atoms with E-state index in [0.717, 1.165) is 0 Å². The number of carboxylic acid groups (broad SMARTS) is 1. The predicted octanol–water partition coefficient (Wildman–Crippen LogP) is 2.40. The van der Waals surface area contributed by atoms with Crippen LogP contribution in [0.1, 0.15) is 38.7 Å². The van der Waals surface area contributed by atoms with Gasteiger partial charge in [-0.3, -0.25) is 9.59 Å². The van der Waals surface area contributed by atoms with Crippen LogP contribution in [-0.4, -0.2) is 22.1 Å². The average molecular weight is 279 g/mol. The quantitative estimate of drug-likeness (QED) is 0.715. The van der Waals surface area contributed by atoms with Crippen molar-refractivity contribution >= 4 is 17.6 Å².